The van der Waals surface area contributed by atoms with Crippen molar-refractivity contribution in [3.63, 3.8) is 0 Å². The Morgan fingerprint density at radius 2 is 2.56 bits per heavy atom. The average molecular weight is 159 g/mol. The quantitative estimate of drug-likeness (QED) is 0.581. The van der Waals surface area contributed by atoms with Crippen LogP contribution < -0.4 is 0 Å². The van der Waals surface area contributed by atoms with Crippen LogP contribution in [0.4, 0.5) is 0 Å². The van der Waals surface area contributed by atoms with Crippen LogP contribution in [0.25, 0.3) is 6.08 Å². The number of hydrogen-bond acceptors (Lipinski definition) is 1. The molecule has 0 fully saturated rings. The molecule has 0 saturated heterocycles. The molecule has 0 bridgehead atoms. The van der Waals surface area contributed by atoms with E-state index in [2.05, 4.69) is 6.07 Å². The lowest BCUT2D eigenvalue weighted by atomic mass is 10.4. The average Bonchev–Trinajstić information content (AvgIpc) is 2.34. The van der Waals surface area contributed by atoms with E-state index in [4.69, 9.17) is 11.6 Å². The van der Waals surface area contributed by atoms with Gasteiger partial charge in [0.05, 0.1) is 0 Å². The fraction of sp³-hybridized carbons (Fsp3) is 0.143. The molecule has 0 radical (unpaired) electrons. The second-order valence-corrected chi connectivity index (χ2v) is 2.86. The third-order valence-corrected chi connectivity index (χ3v) is 1.93. The van der Waals surface area contributed by atoms with E-state index in [1.165, 1.54) is 4.88 Å². The minimum Gasteiger partial charge on any atom is -0.144 e. The van der Waals surface area contributed by atoms with Crippen LogP contribution in [0, 0.1) is 0 Å². The number of allylic oxidation sites excluding steroid dienone is 1. The highest BCUT2D eigenvalue weighted by Crippen LogP contribution is 2.09. The van der Waals surface area contributed by atoms with E-state index in [-0.39, 0.29) is 0 Å². The number of halogens is 1. The Morgan fingerprint density at radius 1 is 1.67 bits per heavy atom. The molecular formula is C7H7ClS. The van der Waals surface area contributed by atoms with Crippen molar-refractivity contribution >= 4 is 29.0 Å². The van der Waals surface area contributed by atoms with Crippen molar-refractivity contribution in [2.24, 2.45) is 0 Å². The second-order valence-electron chi connectivity index (χ2n) is 1.57. The highest BCUT2D eigenvalue weighted by Gasteiger charge is 1.81. The summed E-state index contributed by atoms with van der Waals surface area (Å²) in [7, 11) is 0. The summed E-state index contributed by atoms with van der Waals surface area (Å²) >= 11 is 7.15. The van der Waals surface area contributed by atoms with Gasteiger partial charge in [0.1, 0.15) is 0 Å². The molecule has 1 aromatic rings. The molecule has 0 aliphatic rings. The molecule has 1 rings (SSSR count). The molecule has 1 aromatic heterocycles. The molecule has 1 heterocycles. The van der Waals surface area contributed by atoms with Gasteiger partial charge in [-0.3, -0.25) is 0 Å². The van der Waals surface area contributed by atoms with Gasteiger partial charge < -0.3 is 0 Å². The highest BCUT2D eigenvalue weighted by atomic mass is 35.5. The molecule has 2 heteroatoms. The van der Waals surface area contributed by atoms with E-state index < -0.39 is 0 Å². The number of alkyl halides is 1. The monoisotopic (exact) mass is 158 g/mol. The number of rotatable bonds is 2. The van der Waals surface area contributed by atoms with Gasteiger partial charge in [0.15, 0.2) is 0 Å². The Hall–Kier alpha value is -0.270. The van der Waals surface area contributed by atoms with Crippen molar-refractivity contribution in [3.8, 4) is 0 Å². The first-order valence-electron chi connectivity index (χ1n) is 2.69. The van der Waals surface area contributed by atoms with Crippen LogP contribution in [0.3, 0.4) is 0 Å². The predicted octanol–water partition coefficient (Wildman–Crippen LogP) is 3.00. The Balaban J connectivity index is 2.57. The van der Waals surface area contributed by atoms with E-state index in [1.807, 2.05) is 23.6 Å². The Labute approximate surface area is 63.8 Å². The summed E-state index contributed by atoms with van der Waals surface area (Å²) in [6, 6.07) is 4.09. The summed E-state index contributed by atoms with van der Waals surface area (Å²) in [5, 5.41) is 2.05. The molecule has 0 spiro atoms. The largest absolute Gasteiger partial charge is 0.144 e. The third kappa shape index (κ3) is 2.20. The van der Waals surface area contributed by atoms with Crippen molar-refractivity contribution in [1.82, 2.24) is 0 Å². The van der Waals surface area contributed by atoms with Crippen LogP contribution in [-0.4, -0.2) is 5.88 Å². The van der Waals surface area contributed by atoms with Gasteiger partial charge in [-0.05, 0) is 17.5 Å². The molecule has 9 heavy (non-hydrogen) atoms. The first kappa shape index (κ1) is 6.84. The van der Waals surface area contributed by atoms with E-state index in [0.717, 1.165) is 0 Å². The SMILES string of the molecule is ClC/C=C/c1cccs1. The Kier molecular flexibility index (Phi) is 2.81. The number of hydrogen-bond donors (Lipinski definition) is 0. The summed E-state index contributed by atoms with van der Waals surface area (Å²) in [4.78, 5) is 1.26. The van der Waals surface area contributed by atoms with Gasteiger partial charge in [-0.2, -0.15) is 0 Å². The fourth-order valence-corrected chi connectivity index (χ4v) is 1.28. The Morgan fingerprint density at radius 3 is 3.11 bits per heavy atom. The highest BCUT2D eigenvalue weighted by molar-refractivity contribution is 7.10. The van der Waals surface area contributed by atoms with Crippen LogP contribution in [0.15, 0.2) is 23.6 Å². The third-order valence-electron chi connectivity index (χ3n) is 0.914. The standard InChI is InChI=1S/C7H7ClS/c8-5-1-3-7-4-2-6-9-7/h1-4,6H,5H2/b3-1+. The maximum atomic E-state index is 5.44. The first-order valence-corrected chi connectivity index (χ1v) is 4.11. The zero-order valence-electron chi connectivity index (χ0n) is 4.88. The lowest BCUT2D eigenvalue weighted by Gasteiger charge is -1.77. The van der Waals surface area contributed by atoms with Gasteiger partial charge in [-0.15, -0.1) is 22.9 Å². The molecule has 0 aliphatic carbocycles. The molecule has 0 N–H and O–H groups in total. The fourth-order valence-electron chi connectivity index (χ4n) is 0.547. The Bertz CT molecular complexity index is 177. The maximum Gasteiger partial charge on any atom is 0.0407 e. The predicted molar refractivity (Wildman–Crippen MR) is 44.1 cm³/mol. The molecule has 0 atom stereocenters. The lowest BCUT2D eigenvalue weighted by Crippen LogP contribution is -1.58. The maximum absolute atomic E-state index is 5.44. The summed E-state index contributed by atoms with van der Waals surface area (Å²) < 4.78 is 0. The summed E-state index contributed by atoms with van der Waals surface area (Å²) in [5.41, 5.74) is 0. The van der Waals surface area contributed by atoms with Crippen LogP contribution in [0.5, 0.6) is 0 Å². The second kappa shape index (κ2) is 3.70. The first-order chi connectivity index (χ1) is 4.43. The summed E-state index contributed by atoms with van der Waals surface area (Å²) in [6.07, 6.45) is 3.96. The molecule has 0 saturated carbocycles. The van der Waals surface area contributed by atoms with Crippen LogP contribution in [0.2, 0.25) is 0 Å². The van der Waals surface area contributed by atoms with Gasteiger partial charge in [-0.1, -0.05) is 12.1 Å². The van der Waals surface area contributed by atoms with Crippen LogP contribution in [-0.2, 0) is 0 Å². The normalized spacial score (nSPS) is 10.8. The van der Waals surface area contributed by atoms with Gasteiger partial charge >= 0.3 is 0 Å². The molecule has 0 aliphatic heterocycles. The van der Waals surface area contributed by atoms with Crippen molar-refractivity contribution in [1.29, 1.82) is 0 Å². The van der Waals surface area contributed by atoms with E-state index in [0.29, 0.717) is 5.88 Å². The van der Waals surface area contributed by atoms with Gasteiger partial charge in [0.25, 0.3) is 0 Å². The lowest BCUT2D eigenvalue weighted by molar-refractivity contribution is 1.79. The minimum absolute atomic E-state index is 0.595. The smallest absolute Gasteiger partial charge is 0.0407 e. The van der Waals surface area contributed by atoms with Crippen LogP contribution in [0.1, 0.15) is 4.88 Å². The zero-order chi connectivity index (χ0) is 6.53. The summed E-state index contributed by atoms with van der Waals surface area (Å²) in [6.45, 7) is 0. The summed E-state index contributed by atoms with van der Waals surface area (Å²) in [5.74, 6) is 0.595. The van der Waals surface area contributed by atoms with Gasteiger partial charge in [0, 0.05) is 10.8 Å². The molecule has 0 aromatic carbocycles. The molecule has 48 valence electrons. The number of thiophene rings is 1. The van der Waals surface area contributed by atoms with Crippen molar-refractivity contribution in [2.75, 3.05) is 5.88 Å². The van der Waals surface area contributed by atoms with Crippen molar-refractivity contribution < 1.29 is 0 Å². The molecule has 0 amide bonds. The van der Waals surface area contributed by atoms with E-state index in [9.17, 15) is 0 Å². The minimum atomic E-state index is 0.595. The van der Waals surface area contributed by atoms with Crippen molar-refractivity contribution in [3.05, 3.63) is 28.5 Å². The van der Waals surface area contributed by atoms with Crippen molar-refractivity contribution in [2.45, 2.75) is 0 Å². The van der Waals surface area contributed by atoms with E-state index in [1.54, 1.807) is 11.3 Å². The van der Waals surface area contributed by atoms with E-state index >= 15 is 0 Å². The topological polar surface area (TPSA) is 0 Å². The van der Waals surface area contributed by atoms with Gasteiger partial charge in [-0.25, -0.2) is 0 Å². The molecule has 0 unspecified atom stereocenters. The molecule has 0 nitrogen and oxygen atoms in total. The van der Waals surface area contributed by atoms with Crippen LogP contribution >= 0.6 is 22.9 Å². The molecular weight excluding hydrogens is 152 g/mol. The zero-order valence-corrected chi connectivity index (χ0v) is 6.45. The van der Waals surface area contributed by atoms with Gasteiger partial charge in [0.2, 0.25) is 0 Å².